The van der Waals surface area contributed by atoms with Crippen LogP contribution in [0.5, 0.6) is 11.5 Å². The molecule has 7 heteroatoms. The highest BCUT2D eigenvalue weighted by molar-refractivity contribution is 5.94. The number of ether oxygens (including phenoxy) is 2. The lowest BCUT2D eigenvalue weighted by molar-refractivity contribution is 0.111. The molecule has 2 aliphatic rings. The van der Waals surface area contributed by atoms with Gasteiger partial charge in [0.15, 0.2) is 17.8 Å². The van der Waals surface area contributed by atoms with Crippen molar-refractivity contribution in [2.75, 3.05) is 20.4 Å². The number of hydrogen-bond donors (Lipinski definition) is 0. The van der Waals surface area contributed by atoms with Crippen LogP contribution in [0.3, 0.4) is 0 Å². The Hall–Kier alpha value is -2.15. The second kappa shape index (κ2) is 7.00. The van der Waals surface area contributed by atoms with Crippen LogP contribution in [0.2, 0.25) is 0 Å². The molecule has 0 amide bonds. The van der Waals surface area contributed by atoms with E-state index >= 15 is 0 Å². The van der Waals surface area contributed by atoms with E-state index in [1.165, 1.54) is 32.1 Å². The summed E-state index contributed by atoms with van der Waals surface area (Å²) in [7, 11) is 2.22. The minimum atomic E-state index is 0.130. The van der Waals surface area contributed by atoms with E-state index < -0.39 is 0 Å². The summed E-state index contributed by atoms with van der Waals surface area (Å²) in [5.41, 5.74) is 1.95. The number of carbonyl (C=O) groups excluding carboxylic acids is 1. The third kappa shape index (κ3) is 3.08. The fraction of sp³-hybridized carbons (Fsp3) is 0.611. The molecule has 1 aliphatic carbocycles. The van der Waals surface area contributed by atoms with Gasteiger partial charge in [-0.25, -0.2) is 4.68 Å². The molecule has 2 aromatic rings. The molecule has 4 rings (SSSR count). The maximum atomic E-state index is 11.2. The first kappa shape index (κ1) is 16.3. The second-order valence-corrected chi connectivity index (χ2v) is 6.95. The highest BCUT2D eigenvalue weighted by Crippen LogP contribution is 2.41. The van der Waals surface area contributed by atoms with E-state index in [4.69, 9.17) is 9.47 Å². The Bertz CT molecular complexity index is 767. The Balaban J connectivity index is 1.47. The largest absolute Gasteiger partial charge is 0.453 e. The predicted octanol–water partition coefficient (Wildman–Crippen LogP) is 2.63. The van der Waals surface area contributed by atoms with Crippen molar-refractivity contribution in [1.82, 2.24) is 19.9 Å². The van der Waals surface area contributed by atoms with Gasteiger partial charge in [-0.3, -0.25) is 4.79 Å². The summed E-state index contributed by atoms with van der Waals surface area (Å²) in [5.74, 6) is 1.09. The molecular formula is C18H24N4O3. The third-order valence-corrected chi connectivity index (χ3v) is 5.35. The van der Waals surface area contributed by atoms with Gasteiger partial charge in [-0.1, -0.05) is 24.5 Å². The first-order valence-corrected chi connectivity index (χ1v) is 9.09. The van der Waals surface area contributed by atoms with Crippen LogP contribution in [0.25, 0.3) is 11.0 Å². The summed E-state index contributed by atoms with van der Waals surface area (Å²) >= 11 is 0. The number of rotatable bonds is 6. The molecule has 1 aliphatic heterocycles. The van der Waals surface area contributed by atoms with Crippen LogP contribution in [0.1, 0.15) is 48.9 Å². The van der Waals surface area contributed by atoms with Gasteiger partial charge in [0, 0.05) is 12.6 Å². The van der Waals surface area contributed by atoms with Crippen LogP contribution < -0.4 is 9.47 Å². The van der Waals surface area contributed by atoms with E-state index in [9.17, 15) is 4.79 Å². The van der Waals surface area contributed by atoms with Gasteiger partial charge in [0.05, 0.1) is 5.56 Å². The topological polar surface area (TPSA) is 69.5 Å². The van der Waals surface area contributed by atoms with E-state index in [-0.39, 0.29) is 6.79 Å². The first-order chi connectivity index (χ1) is 12.3. The SMILES string of the molecule is CN(CCCn1nnc2cc(C=O)c3c(c21)OCO3)C1CCCCC1. The van der Waals surface area contributed by atoms with E-state index in [2.05, 4.69) is 22.3 Å². The number of benzene rings is 1. The molecule has 1 aromatic heterocycles. The van der Waals surface area contributed by atoms with Gasteiger partial charge in [-0.15, -0.1) is 5.10 Å². The number of fused-ring (bicyclic) bond motifs is 3. The first-order valence-electron chi connectivity index (χ1n) is 9.09. The Kier molecular flexibility index (Phi) is 4.57. The summed E-state index contributed by atoms with van der Waals surface area (Å²) in [6, 6.07) is 2.44. The molecule has 0 saturated heterocycles. The average Bonchev–Trinajstić information content (AvgIpc) is 3.28. The lowest BCUT2D eigenvalue weighted by Crippen LogP contribution is -2.34. The number of hydrogen-bond acceptors (Lipinski definition) is 6. The summed E-state index contributed by atoms with van der Waals surface area (Å²) < 4.78 is 12.9. The number of aldehydes is 1. The maximum Gasteiger partial charge on any atom is 0.231 e. The normalized spacial score (nSPS) is 17.5. The van der Waals surface area contributed by atoms with Crippen molar-refractivity contribution < 1.29 is 14.3 Å². The van der Waals surface area contributed by atoms with Crippen LogP contribution in [0.15, 0.2) is 6.07 Å². The quantitative estimate of drug-likeness (QED) is 0.750. The summed E-state index contributed by atoms with van der Waals surface area (Å²) in [6.45, 7) is 1.94. The van der Waals surface area contributed by atoms with Gasteiger partial charge in [-0.05, 0) is 38.9 Å². The van der Waals surface area contributed by atoms with Crippen LogP contribution >= 0.6 is 0 Å². The van der Waals surface area contributed by atoms with Crippen LogP contribution in [-0.2, 0) is 6.54 Å². The summed E-state index contributed by atoms with van der Waals surface area (Å²) in [6.07, 6.45) is 8.48. The second-order valence-electron chi connectivity index (χ2n) is 6.95. The number of carbonyl (C=O) groups is 1. The van der Waals surface area contributed by atoms with Crippen molar-refractivity contribution >= 4 is 17.3 Å². The molecule has 0 spiro atoms. The van der Waals surface area contributed by atoms with Gasteiger partial charge in [0.1, 0.15) is 11.0 Å². The van der Waals surface area contributed by atoms with Crippen molar-refractivity contribution in [3.63, 3.8) is 0 Å². The van der Waals surface area contributed by atoms with Crippen molar-refractivity contribution in [1.29, 1.82) is 0 Å². The van der Waals surface area contributed by atoms with Gasteiger partial charge >= 0.3 is 0 Å². The molecule has 0 unspecified atom stereocenters. The van der Waals surface area contributed by atoms with Crippen LogP contribution in [0.4, 0.5) is 0 Å². The highest BCUT2D eigenvalue weighted by Gasteiger charge is 2.25. The highest BCUT2D eigenvalue weighted by atomic mass is 16.7. The lowest BCUT2D eigenvalue weighted by Gasteiger charge is -2.31. The van der Waals surface area contributed by atoms with E-state index in [0.717, 1.165) is 37.4 Å². The molecule has 2 heterocycles. The molecule has 7 nitrogen and oxygen atoms in total. The Morgan fingerprint density at radius 2 is 2.08 bits per heavy atom. The zero-order valence-electron chi connectivity index (χ0n) is 14.6. The Labute approximate surface area is 146 Å². The molecular weight excluding hydrogens is 320 g/mol. The third-order valence-electron chi connectivity index (χ3n) is 5.35. The molecule has 134 valence electrons. The van der Waals surface area contributed by atoms with Crippen molar-refractivity contribution in [3.8, 4) is 11.5 Å². The number of aryl methyl sites for hydroxylation is 1. The number of aromatic nitrogens is 3. The molecule has 1 saturated carbocycles. The van der Waals surface area contributed by atoms with E-state index in [1.54, 1.807) is 6.07 Å². The van der Waals surface area contributed by atoms with E-state index in [1.807, 2.05) is 4.68 Å². The lowest BCUT2D eigenvalue weighted by atomic mass is 9.94. The molecule has 0 bridgehead atoms. The molecule has 0 radical (unpaired) electrons. The van der Waals surface area contributed by atoms with Gasteiger partial charge in [0.2, 0.25) is 6.79 Å². The molecule has 25 heavy (non-hydrogen) atoms. The molecule has 1 aromatic carbocycles. The fourth-order valence-corrected chi connectivity index (χ4v) is 3.96. The fourth-order valence-electron chi connectivity index (χ4n) is 3.96. The zero-order chi connectivity index (χ0) is 17.2. The number of nitrogens with zero attached hydrogens (tertiary/aromatic N) is 4. The predicted molar refractivity (Wildman–Crippen MR) is 93.2 cm³/mol. The maximum absolute atomic E-state index is 11.2. The minimum absolute atomic E-state index is 0.130. The molecule has 0 N–H and O–H groups in total. The van der Waals surface area contributed by atoms with Crippen molar-refractivity contribution in [2.45, 2.75) is 51.1 Å². The standard InChI is InChI=1S/C18H24N4O3/c1-21(14-6-3-2-4-7-14)8-5-9-22-16-15(19-20-22)10-13(11-23)17-18(16)25-12-24-17/h10-11,14H,2-9,12H2,1H3. The smallest absolute Gasteiger partial charge is 0.231 e. The van der Waals surface area contributed by atoms with E-state index in [0.29, 0.717) is 22.6 Å². The van der Waals surface area contributed by atoms with Gasteiger partial charge < -0.3 is 14.4 Å². The van der Waals surface area contributed by atoms with Gasteiger partial charge in [0.25, 0.3) is 0 Å². The Morgan fingerprint density at radius 3 is 2.88 bits per heavy atom. The summed E-state index contributed by atoms with van der Waals surface area (Å²) in [5, 5.41) is 8.45. The van der Waals surface area contributed by atoms with Crippen LogP contribution in [-0.4, -0.2) is 52.6 Å². The van der Waals surface area contributed by atoms with Gasteiger partial charge in [-0.2, -0.15) is 0 Å². The van der Waals surface area contributed by atoms with Crippen molar-refractivity contribution in [3.05, 3.63) is 11.6 Å². The zero-order valence-corrected chi connectivity index (χ0v) is 14.6. The average molecular weight is 344 g/mol. The summed E-state index contributed by atoms with van der Waals surface area (Å²) in [4.78, 5) is 13.7. The van der Waals surface area contributed by atoms with Crippen LogP contribution in [0, 0.1) is 0 Å². The minimum Gasteiger partial charge on any atom is -0.453 e. The molecule has 0 atom stereocenters. The van der Waals surface area contributed by atoms with Crippen molar-refractivity contribution in [2.24, 2.45) is 0 Å². The Morgan fingerprint density at radius 1 is 1.28 bits per heavy atom. The molecule has 1 fully saturated rings. The monoisotopic (exact) mass is 344 g/mol.